The first kappa shape index (κ1) is 16.3. The molecule has 0 unspecified atom stereocenters. The van der Waals surface area contributed by atoms with Crippen LogP contribution in [-0.2, 0) is 6.54 Å². The second-order valence-corrected chi connectivity index (χ2v) is 5.65. The number of benzene rings is 1. The van der Waals surface area contributed by atoms with Crippen LogP contribution in [0.4, 0.5) is 17.6 Å². The van der Waals surface area contributed by atoms with Crippen molar-refractivity contribution in [1.82, 2.24) is 14.8 Å². The first-order valence-electron chi connectivity index (χ1n) is 7.29. The Kier molecular flexibility index (Phi) is 4.42. The summed E-state index contributed by atoms with van der Waals surface area (Å²) >= 11 is 0. The van der Waals surface area contributed by atoms with E-state index in [2.05, 4.69) is 4.98 Å². The second-order valence-electron chi connectivity index (χ2n) is 5.65. The zero-order chi connectivity index (χ0) is 17.3. The SMILES string of the molecule is CN1C=CN(Cc2cnc(-c3ccc(F)c(C(F)F)c3)c(F)c2)C1. The van der Waals surface area contributed by atoms with Crippen molar-refractivity contribution >= 4 is 0 Å². The average molecular weight is 337 g/mol. The van der Waals surface area contributed by atoms with E-state index in [0.29, 0.717) is 18.8 Å². The van der Waals surface area contributed by atoms with Crippen molar-refractivity contribution in [3.63, 3.8) is 0 Å². The van der Waals surface area contributed by atoms with E-state index in [1.54, 1.807) is 0 Å². The molecule has 0 amide bonds. The summed E-state index contributed by atoms with van der Waals surface area (Å²) in [6.07, 6.45) is 2.32. The van der Waals surface area contributed by atoms with Gasteiger partial charge in [0.05, 0.1) is 12.2 Å². The smallest absolute Gasteiger partial charge is 0.266 e. The molecule has 2 heterocycles. The summed E-state index contributed by atoms with van der Waals surface area (Å²) in [7, 11) is 1.92. The lowest BCUT2D eigenvalue weighted by atomic mass is 10.1. The zero-order valence-electron chi connectivity index (χ0n) is 12.9. The van der Waals surface area contributed by atoms with Gasteiger partial charge in [0.2, 0.25) is 0 Å². The Balaban J connectivity index is 1.85. The van der Waals surface area contributed by atoms with Crippen molar-refractivity contribution in [2.45, 2.75) is 13.0 Å². The Bertz CT molecular complexity index is 776. The highest BCUT2D eigenvalue weighted by Crippen LogP contribution is 2.28. The lowest BCUT2D eigenvalue weighted by Crippen LogP contribution is -2.22. The van der Waals surface area contributed by atoms with E-state index < -0.39 is 23.6 Å². The van der Waals surface area contributed by atoms with Crippen molar-refractivity contribution in [2.75, 3.05) is 13.7 Å². The van der Waals surface area contributed by atoms with Crippen LogP contribution in [0.5, 0.6) is 0 Å². The summed E-state index contributed by atoms with van der Waals surface area (Å²) in [5.74, 6) is -1.65. The summed E-state index contributed by atoms with van der Waals surface area (Å²) in [5.41, 5.74) is -0.0540. The Hall–Kier alpha value is -2.57. The highest BCUT2D eigenvalue weighted by molar-refractivity contribution is 5.61. The minimum absolute atomic E-state index is 0.0743. The number of aromatic nitrogens is 1. The molecule has 0 fully saturated rings. The van der Waals surface area contributed by atoms with Gasteiger partial charge in [-0.05, 0) is 29.8 Å². The minimum atomic E-state index is -2.97. The Morgan fingerprint density at radius 1 is 1.12 bits per heavy atom. The third-order valence-corrected chi connectivity index (χ3v) is 3.72. The highest BCUT2D eigenvalue weighted by atomic mass is 19.3. The number of hydrogen-bond acceptors (Lipinski definition) is 3. The van der Waals surface area contributed by atoms with Crippen LogP contribution in [0.2, 0.25) is 0 Å². The van der Waals surface area contributed by atoms with Gasteiger partial charge in [-0.25, -0.2) is 17.6 Å². The molecule has 0 aliphatic carbocycles. The largest absolute Gasteiger partial charge is 0.362 e. The summed E-state index contributed by atoms with van der Waals surface area (Å²) in [6.45, 7) is 1.18. The molecule has 2 aromatic rings. The van der Waals surface area contributed by atoms with Crippen LogP contribution in [0, 0.1) is 11.6 Å². The number of nitrogens with zero attached hydrogens (tertiary/aromatic N) is 3. The molecule has 0 spiro atoms. The van der Waals surface area contributed by atoms with Crippen LogP contribution in [0.3, 0.4) is 0 Å². The average Bonchev–Trinajstić information content (AvgIpc) is 2.93. The molecule has 0 saturated carbocycles. The summed E-state index contributed by atoms with van der Waals surface area (Å²) < 4.78 is 53.2. The molecule has 3 rings (SSSR count). The normalized spacial score (nSPS) is 14.1. The lowest BCUT2D eigenvalue weighted by molar-refractivity contribution is 0.146. The van der Waals surface area contributed by atoms with Gasteiger partial charge in [0.25, 0.3) is 6.43 Å². The molecular weight excluding hydrogens is 322 g/mol. The predicted molar refractivity (Wildman–Crippen MR) is 81.9 cm³/mol. The Morgan fingerprint density at radius 3 is 2.54 bits per heavy atom. The second kappa shape index (κ2) is 6.51. The summed E-state index contributed by atoms with van der Waals surface area (Å²) in [5, 5.41) is 0. The maximum absolute atomic E-state index is 14.3. The summed E-state index contributed by atoms with van der Waals surface area (Å²) in [6, 6.07) is 4.39. The van der Waals surface area contributed by atoms with Gasteiger partial charge in [-0.1, -0.05) is 0 Å². The minimum Gasteiger partial charge on any atom is -0.362 e. The Labute approximate surface area is 136 Å². The van der Waals surface area contributed by atoms with Crippen LogP contribution in [0.1, 0.15) is 17.6 Å². The molecule has 1 aromatic heterocycles. The quantitative estimate of drug-likeness (QED) is 0.782. The topological polar surface area (TPSA) is 19.4 Å². The van der Waals surface area contributed by atoms with Gasteiger partial charge in [-0.3, -0.25) is 4.98 Å². The molecule has 7 heteroatoms. The van der Waals surface area contributed by atoms with Gasteiger partial charge in [0, 0.05) is 37.8 Å². The van der Waals surface area contributed by atoms with Crippen LogP contribution in [0.25, 0.3) is 11.3 Å². The molecule has 0 N–H and O–H groups in total. The van der Waals surface area contributed by atoms with Crippen molar-refractivity contribution < 1.29 is 17.6 Å². The van der Waals surface area contributed by atoms with Crippen LogP contribution in [-0.4, -0.2) is 28.5 Å². The van der Waals surface area contributed by atoms with E-state index in [-0.39, 0.29) is 11.3 Å². The van der Waals surface area contributed by atoms with E-state index in [0.717, 1.165) is 12.1 Å². The number of alkyl halides is 2. The molecule has 1 aromatic carbocycles. The van der Waals surface area contributed by atoms with Gasteiger partial charge in [0.1, 0.15) is 17.3 Å². The van der Waals surface area contributed by atoms with E-state index in [1.807, 2.05) is 29.2 Å². The maximum atomic E-state index is 14.3. The fourth-order valence-corrected chi connectivity index (χ4v) is 2.56. The van der Waals surface area contributed by atoms with Gasteiger partial charge in [-0.2, -0.15) is 0 Å². The van der Waals surface area contributed by atoms with E-state index in [4.69, 9.17) is 0 Å². The molecule has 126 valence electrons. The third kappa shape index (κ3) is 3.34. The van der Waals surface area contributed by atoms with Gasteiger partial charge >= 0.3 is 0 Å². The van der Waals surface area contributed by atoms with E-state index in [9.17, 15) is 17.6 Å². The molecule has 0 bridgehead atoms. The van der Waals surface area contributed by atoms with E-state index >= 15 is 0 Å². The van der Waals surface area contributed by atoms with Crippen LogP contribution in [0.15, 0.2) is 42.9 Å². The fraction of sp³-hybridized carbons (Fsp3) is 0.235. The molecule has 1 aliphatic heterocycles. The van der Waals surface area contributed by atoms with Crippen LogP contribution >= 0.6 is 0 Å². The number of pyridine rings is 1. The predicted octanol–water partition coefficient (Wildman–Crippen LogP) is 4.14. The van der Waals surface area contributed by atoms with Crippen molar-refractivity contribution in [3.05, 3.63) is 65.6 Å². The molecule has 3 nitrogen and oxygen atoms in total. The van der Waals surface area contributed by atoms with Gasteiger partial charge < -0.3 is 9.80 Å². The first-order valence-corrected chi connectivity index (χ1v) is 7.29. The lowest BCUT2D eigenvalue weighted by Gasteiger charge is -2.18. The monoisotopic (exact) mass is 337 g/mol. The molecule has 0 atom stereocenters. The van der Waals surface area contributed by atoms with E-state index in [1.165, 1.54) is 18.3 Å². The standard InChI is InChI=1S/C17H15F4N3/c1-23-4-5-24(10-23)9-11-6-15(19)16(22-8-11)12-2-3-14(18)13(7-12)17(20)21/h2-8,17H,9-10H2,1H3. The number of rotatable bonds is 4. The summed E-state index contributed by atoms with van der Waals surface area (Å²) in [4.78, 5) is 7.98. The highest BCUT2D eigenvalue weighted by Gasteiger charge is 2.17. The molecular formula is C17H15F4N3. The first-order chi connectivity index (χ1) is 11.4. The molecule has 1 aliphatic rings. The van der Waals surface area contributed by atoms with Crippen molar-refractivity contribution in [2.24, 2.45) is 0 Å². The number of hydrogen-bond donors (Lipinski definition) is 0. The Morgan fingerprint density at radius 2 is 1.92 bits per heavy atom. The maximum Gasteiger partial charge on any atom is 0.266 e. The van der Waals surface area contributed by atoms with Crippen molar-refractivity contribution in [3.8, 4) is 11.3 Å². The van der Waals surface area contributed by atoms with Crippen molar-refractivity contribution in [1.29, 1.82) is 0 Å². The molecule has 24 heavy (non-hydrogen) atoms. The molecule has 0 saturated heterocycles. The number of halogens is 4. The van der Waals surface area contributed by atoms with Gasteiger partial charge in [0.15, 0.2) is 0 Å². The van der Waals surface area contributed by atoms with Crippen LogP contribution < -0.4 is 0 Å². The molecule has 0 radical (unpaired) electrons. The zero-order valence-corrected chi connectivity index (χ0v) is 12.9. The third-order valence-electron chi connectivity index (χ3n) is 3.72. The fourth-order valence-electron chi connectivity index (χ4n) is 2.56. The van der Waals surface area contributed by atoms with Gasteiger partial charge in [-0.15, -0.1) is 0 Å².